The van der Waals surface area contributed by atoms with Gasteiger partial charge in [0.25, 0.3) is 0 Å². The molecule has 0 saturated heterocycles. The minimum absolute atomic E-state index is 0.214. The molecule has 0 radical (unpaired) electrons. The molecule has 3 aromatic rings. The number of hydrogen-bond acceptors (Lipinski definition) is 5. The molecule has 0 saturated carbocycles. The van der Waals surface area contributed by atoms with Gasteiger partial charge in [0, 0.05) is 21.8 Å². The summed E-state index contributed by atoms with van der Waals surface area (Å²) in [6, 6.07) is 8.39. The summed E-state index contributed by atoms with van der Waals surface area (Å²) < 4.78 is 3.19. The first-order chi connectivity index (χ1) is 14.1. The molecule has 9 nitrogen and oxygen atoms in total. The lowest BCUT2D eigenvalue weighted by molar-refractivity contribution is -0.389. The Bertz CT molecular complexity index is 1110. The van der Waals surface area contributed by atoms with Gasteiger partial charge in [-0.2, -0.15) is 9.78 Å². The molecule has 0 spiro atoms. The number of aromatic nitrogens is 4. The summed E-state index contributed by atoms with van der Waals surface area (Å²) in [7, 11) is 0. The summed E-state index contributed by atoms with van der Waals surface area (Å²) in [6.07, 6.45) is 0. The van der Waals surface area contributed by atoms with Gasteiger partial charge in [-0.05, 0) is 36.5 Å². The maximum absolute atomic E-state index is 12.6. The molecular formula is C19H20Cl2N6O3. The van der Waals surface area contributed by atoms with Crippen molar-refractivity contribution in [1.29, 1.82) is 0 Å². The van der Waals surface area contributed by atoms with E-state index >= 15 is 0 Å². The summed E-state index contributed by atoms with van der Waals surface area (Å²) in [6.45, 7) is 5.95. The summed E-state index contributed by atoms with van der Waals surface area (Å²) in [5.41, 5.74) is 2.32. The van der Waals surface area contributed by atoms with Crippen LogP contribution in [0.25, 0.3) is 0 Å². The molecule has 0 aliphatic carbocycles. The maximum atomic E-state index is 12.6. The molecule has 1 amide bonds. The first-order valence-corrected chi connectivity index (χ1v) is 9.87. The van der Waals surface area contributed by atoms with Crippen LogP contribution < -0.4 is 5.32 Å². The molecule has 2 aromatic heterocycles. The zero-order valence-electron chi connectivity index (χ0n) is 16.6. The number of aryl methyl sites for hydroxylation is 2. The molecule has 0 fully saturated rings. The number of rotatable bonds is 7. The third-order valence-electron chi connectivity index (χ3n) is 4.62. The molecule has 0 aliphatic rings. The van der Waals surface area contributed by atoms with E-state index in [4.69, 9.17) is 23.2 Å². The smallest absolute Gasteiger partial charge is 0.358 e. The van der Waals surface area contributed by atoms with Crippen molar-refractivity contribution in [2.24, 2.45) is 5.92 Å². The van der Waals surface area contributed by atoms with Crippen molar-refractivity contribution in [3.8, 4) is 0 Å². The van der Waals surface area contributed by atoms with E-state index in [9.17, 15) is 14.9 Å². The summed E-state index contributed by atoms with van der Waals surface area (Å²) >= 11 is 12.2. The highest BCUT2D eigenvalue weighted by Crippen LogP contribution is 2.23. The minimum atomic E-state index is -0.559. The zero-order valence-corrected chi connectivity index (χ0v) is 18.1. The molecule has 30 heavy (non-hydrogen) atoms. The van der Waals surface area contributed by atoms with Gasteiger partial charge in [0.05, 0.1) is 35.9 Å². The second-order valence-electron chi connectivity index (χ2n) is 7.04. The van der Waals surface area contributed by atoms with Gasteiger partial charge in [-0.1, -0.05) is 36.2 Å². The van der Waals surface area contributed by atoms with Crippen LogP contribution in [0.3, 0.4) is 0 Å². The van der Waals surface area contributed by atoms with Crippen LogP contribution in [0.4, 0.5) is 11.6 Å². The van der Waals surface area contributed by atoms with Crippen molar-refractivity contribution in [3.05, 3.63) is 67.4 Å². The molecule has 0 bridgehead atoms. The molecule has 0 aliphatic heterocycles. The number of carbonyl (C=O) groups is 1. The third kappa shape index (κ3) is 4.98. The Hall–Kier alpha value is -2.91. The highest BCUT2D eigenvalue weighted by atomic mass is 35.5. The Morgan fingerprint density at radius 3 is 2.50 bits per heavy atom. The average molecular weight is 451 g/mol. The molecule has 1 aromatic carbocycles. The van der Waals surface area contributed by atoms with Crippen molar-refractivity contribution in [2.75, 3.05) is 5.32 Å². The van der Waals surface area contributed by atoms with Gasteiger partial charge in [-0.3, -0.25) is 9.48 Å². The normalized spacial score (nSPS) is 12.0. The van der Waals surface area contributed by atoms with Crippen molar-refractivity contribution in [2.45, 2.75) is 33.9 Å². The van der Waals surface area contributed by atoms with E-state index in [0.29, 0.717) is 28.1 Å². The Morgan fingerprint density at radius 2 is 1.87 bits per heavy atom. The molecule has 1 unspecified atom stereocenters. The predicted molar refractivity (Wildman–Crippen MR) is 114 cm³/mol. The average Bonchev–Trinajstić information content (AvgIpc) is 3.20. The van der Waals surface area contributed by atoms with Crippen LogP contribution in [0.2, 0.25) is 10.0 Å². The zero-order chi connectivity index (χ0) is 22.0. The first kappa shape index (κ1) is 21.8. The number of halogens is 2. The monoisotopic (exact) mass is 450 g/mol. The number of benzene rings is 1. The fourth-order valence-electron chi connectivity index (χ4n) is 2.90. The highest BCUT2D eigenvalue weighted by molar-refractivity contribution is 6.35. The van der Waals surface area contributed by atoms with Gasteiger partial charge in [0.15, 0.2) is 5.82 Å². The van der Waals surface area contributed by atoms with Gasteiger partial charge in [0.1, 0.15) is 0 Å². The molecular weight excluding hydrogens is 431 g/mol. The number of nitro groups is 1. The van der Waals surface area contributed by atoms with E-state index in [-0.39, 0.29) is 18.3 Å². The molecule has 158 valence electrons. The van der Waals surface area contributed by atoms with Crippen LogP contribution in [0.5, 0.6) is 0 Å². The Balaban J connectivity index is 1.66. The minimum Gasteiger partial charge on any atom is -0.358 e. The van der Waals surface area contributed by atoms with E-state index < -0.39 is 10.8 Å². The topological polar surface area (TPSA) is 108 Å². The van der Waals surface area contributed by atoms with Crippen molar-refractivity contribution in [1.82, 2.24) is 19.6 Å². The van der Waals surface area contributed by atoms with Crippen LogP contribution in [0.1, 0.15) is 23.9 Å². The van der Waals surface area contributed by atoms with E-state index in [1.807, 2.05) is 13.0 Å². The van der Waals surface area contributed by atoms with Crippen LogP contribution in [0.15, 0.2) is 30.3 Å². The van der Waals surface area contributed by atoms with Gasteiger partial charge < -0.3 is 15.4 Å². The maximum Gasteiger partial charge on any atom is 0.390 e. The molecule has 11 heteroatoms. The van der Waals surface area contributed by atoms with Crippen molar-refractivity contribution < 1.29 is 9.72 Å². The van der Waals surface area contributed by atoms with Crippen LogP contribution >= 0.6 is 23.2 Å². The van der Waals surface area contributed by atoms with Gasteiger partial charge in [0.2, 0.25) is 5.91 Å². The van der Waals surface area contributed by atoms with Gasteiger partial charge in [-0.25, -0.2) is 0 Å². The summed E-state index contributed by atoms with van der Waals surface area (Å²) in [5, 5.41) is 23.1. The Morgan fingerprint density at radius 1 is 1.17 bits per heavy atom. The second kappa shape index (κ2) is 8.85. The molecule has 1 N–H and O–H groups in total. The fraction of sp³-hybridized carbons (Fsp3) is 0.316. The lowest BCUT2D eigenvalue weighted by Gasteiger charge is -2.10. The van der Waals surface area contributed by atoms with E-state index in [1.165, 1.54) is 10.7 Å². The number of nitrogens with one attached hydrogen (secondary N) is 1. The standard InChI is InChI=1S/C19H20Cl2N6O3/c1-11(9-25-13(3)7-18(24-25)27(29)30)19(28)22-17-6-12(2)26(23-17)10-14-4-5-15(20)8-16(14)21/h4-8,11H,9-10H2,1-3H3,(H,22,23,28). The van der Waals surface area contributed by atoms with Crippen molar-refractivity contribution in [3.63, 3.8) is 0 Å². The number of amides is 1. The lowest BCUT2D eigenvalue weighted by atomic mass is 10.1. The van der Waals surface area contributed by atoms with Crippen LogP contribution in [-0.4, -0.2) is 30.4 Å². The van der Waals surface area contributed by atoms with E-state index in [1.54, 1.807) is 36.7 Å². The molecule has 2 heterocycles. The number of hydrogen-bond donors (Lipinski definition) is 1. The Kier molecular flexibility index (Phi) is 6.42. The summed E-state index contributed by atoms with van der Waals surface area (Å²) in [4.78, 5) is 22.9. The van der Waals surface area contributed by atoms with Gasteiger partial charge >= 0.3 is 5.82 Å². The Labute approximate surface area is 182 Å². The number of anilines is 1. The lowest BCUT2D eigenvalue weighted by Crippen LogP contribution is -2.25. The third-order valence-corrected chi connectivity index (χ3v) is 5.20. The number of carbonyl (C=O) groups excluding carboxylic acids is 1. The molecule has 1 atom stereocenters. The predicted octanol–water partition coefficient (Wildman–Crippen LogP) is 4.23. The molecule has 3 rings (SSSR count). The SMILES string of the molecule is Cc1cc(NC(=O)C(C)Cn2nc([N+](=O)[O-])cc2C)nn1Cc1ccc(Cl)cc1Cl. The van der Waals surface area contributed by atoms with E-state index in [2.05, 4.69) is 15.5 Å². The summed E-state index contributed by atoms with van der Waals surface area (Å²) in [5.74, 6) is -0.561. The van der Waals surface area contributed by atoms with Crippen LogP contribution in [-0.2, 0) is 17.9 Å². The largest absolute Gasteiger partial charge is 0.390 e. The fourth-order valence-corrected chi connectivity index (χ4v) is 3.37. The first-order valence-electron chi connectivity index (χ1n) is 9.12. The quantitative estimate of drug-likeness (QED) is 0.427. The van der Waals surface area contributed by atoms with Gasteiger partial charge in [-0.15, -0.1) is 0 Å². The number of nitrogens with zero attached hydrogens (tertiary/aromatic N) is 5. The van der Waals surface area contributed by atoms with E-state index in [0.717, 1.165) is 11.3 Å². The highest BCUT2D eigenvalue weighted by Gasteiger charge is 2.21. The van der Waals surface area contributed by atoms with Crippen LogP contribution in [0, 0.1) is 29.9 Å². The second-order valence-corrected chi connectivity index (χ2v) is 7.88. The van der Waals surface area contributed by atoms with Crippen molar-refractivity contribution >= 4 is 40.7 Å².